The number of hydrogen-bond acceptors (Lipinski definition) is 5. The monoisotopic (exact) mass is 471 g/mol. The minimum atomic E-state index is -3.19. The summed E-state index contributed by atoms with van der Waals surface area (Å²) in [5, 5.41) is 7.20. The first-order chi connectivity index (χ1) is 15.8. The number of amides is 1. The second-order valence-corrected chi connectivity index (χ2v) is 9.29. The van der Waals surface area contributed by atoms with Crippen LogP contribution in [0.2, 0.25) is 0 Å². The zero-order valence-corrected chi connectivity index (χ0v) is 19.7. The fourth-order valence-corrected chi connectivity index (χ4v) is 4.95. The van der Waals surface area contributed by atoms with Crippen LogP contribution in [0.5, 0.6) is 0 Å². The van der Waals surface area contributed by atoms with E-state index in [1.807, 2.05) is 0 Å². The van der Waals surface area contributed by atoms with Crippen LogP contribution in [0.3, 0.4) is 0 Å². The van der Waals surface area contributed by atoms with Crippen LogP contribution in [0.25, 0.3) is 17.3 Å². The van der Waals surface area contributed by atoms with Gasteiger partial charge in [-0.3, -0.25) is 14.0 Å². The molecule has 1 amide bonds. The van der Waals surface area contributed by atoms with Gasteiger partial charge in [0.2, 0.25) is 5.91 Å². The third-order valence-electron chi connectivity index (χ3n) is 4.64. The van der Waals surface area contributed by atoms with E-state index in [2.05, 4.69) is 10.4 Å². The van der Waals surface area contributed by atoms with E-state index in [1.54, 1.807) is 74.2 Å². The molecular weight excluding hydrogens is 444 g/mol. The molecule has 0 radical (unpaired) electrons. The molecule has 174 valence electrons. The molecule has 1 N–H and O–H groups in total. The van der Waals surface area contributed by atoms with E-state index in [4.69, 9.17) is 9.05 Å². The van der Waals surface area contributed by atoms with Gasteiger partial charge >= 0.3 is 7.60 Å². The highest BCUT2D eigenvalue weighted by molar-refractivity contribution is 7.53. The lowest BCUT2D eigenvalue weighted by Gasteiger charge is -2.17. The highest BCUT2D eigenvalue weighted by atomic mass is 31.2. The van der Waals surface area contributed by atoms with Crippen LogP contribution in [-0.2, 0) is 31.6 Å². The first-order valence-corrected chi connectivity index (χ1v) is 12.3. The fourth-order valence-electron chi connectivity index (χ4n) is 3.25. The predicted octanol–water partition coefficient (Wildman–Crippen LogP) is 5.64. The molecule has 0 aliphatic rings. The average molecular weight is 471 g/mol. The number of aryl methyl sites for hydroxylation is 1. The summed E-state index contributed by atoms with van der Waals surface area (Å²) < 4.78 is 38.2. The fraction of sp³-hybridized carbons (Fsp3) is 0.250. The highest BCUT2D eigenvalue weighted by Crippen LogP contribution is 2.51. The molecule has 3 rings (SSSR count). The summed E-state index contributed by atoms with van der Waals surface area (Å²) in [6.07, 6.45) is 5.02. The Kier molecular flexibility index (Phi) is 8.33. The van der Waals surface area contributed by atoms with Crippen molar-refractivity contribution in [2.24, 2.45) is 7.05 Å². The van der Waals surface area contributed by atoms with E-state index in [9.17, 15) is 13.8 Å². The van der Waals surface area contributed by atoms with E-state index >= 15 is 0 Å². The summed E-state index contributed by atoms with van der Waals surface area (Å²) in [4.78, 5) is 12.4. The van der Waals surface area contributed by atoms with E-state index in [0.29, 0.717) is 24.6 Å². The van der Waals surface area contributed by atoms with Crippen LogP contribution >= 0.6 is 7.60 Å². The topological polar surface area (TPSA) is 82.5 Å². The number of benzene rings is 2. The minimum Gasteiger partial charge on any atom is -0.323 e. The molecule has 0 spiro atoms. The molecule has 0 aliphatic carbocycles. The van der Waals surface area contributed by atoms with Crippen molar-refractivity contribution >= 4 is 25.3 Å². The van der Waals surface area contributed by atoms with E-state index in [1.165, 1.54) is 18.2 Å². The second kappa shape index (κ2) is 11.2. The molecule has 1 aromatic heterocycles. The SMILES string of the molecule is CCOP(=O)(Cc1ccc(NC(=O)C=Cc2cn(C)nc2-c2ccc(F)cc2)cc1)OCC. The first-order valence-electron chi connectivity index (χ1n) is 10.6. The third-order valence-corrected chi connectivity index (χ3v) is 6.69. The normalized spacial score (nSPS) is 11.8. The van der Waals surface area contributed by atoms with Gasteiger partial charge in [0.05, 0.1) is 25.1 Å². The summed E-state index contributed by atoms with van der Waals surface area (Å²) in [6, 6.07) is 13.1. The summed E-state index contributed by atoms with van der Waals surface area (Å²) in [6.45, 7) is 4.15. The largest absolute Gasteiger partial charge is 0.335 e. The lowest BCUT2D eigenvalue weighted by molar-refractivity contribution is -0.111. The number of carbonyl (C=O) groups excluding carboxylic acids is 1. The second-order valence-electron chi connectivity index (χ2n) is 7.24. The van der Waals surface area contributed by atoms with Gasteiger partial charge in [-0.2, -0.15) is 5.10 Å². The van der Waals surface area contributed by atoms with Crippen molar-refractivity contribution in [3.63, 3.8) is 0 Å². The molecular formula is C24H27FN3O4P. The number of carbonyl (C=O) groups is 1. The molecule has 1 heterocycles. The minimum absolute atomic E-state index is 0.163. The molecule has 0 atom stereocenters. The smallest absolute Gasteiger partial charge is 0.323 e. The zero-order chi connectivity index (χ0) is 23.8. The van der Waals surface area contributed by atoms with Gasteiger partial charge in [-0.25, -0.2) is 4.39 Å². The lowest BCUT2D eigenvalue weighted by Crippen LogP contribution is -2.07. The highest BCUT2D eigenvalue weighted by Gasteiger charge is 2.23. The molecule has 0 bridgehead atoms. The molecule has 3 aromatic rings. The Morgan fingerprint density at radius 1 is 1.09 bits per heavy atom. The first kappa shape index (κ1) is 24.6. The number of nitrogens with zero attached hydrogens (tertiary/aromatic N) is 2. The van der Waals surface area contributed by atoms with E-state index in [-0.39, 0.29) is 17.9 Å². The van der Waals surface area contributed by atoms with E-state index in [0.717, 1.165) is 16.7 Å². The van der Waals surface area contributed by atoms with Crippen LogP contribution in [0.1, 0.15) is 25.0 Å². The number of halogens is 1. The summed E-state index contributed by atoms with van der Waals surface area (Å²) in [7, 11) is -1.41. The third kappa shape index (κ3) is 6.96. The van der Waals surface area contributed by atoms with Gasteiger partial charge in [-0.1, -0.05) is 12.1 Å². The maximum absolute atomic E-state index is 13.2. The number of hydrogen-bond donors (Lipinski definition) is 1. The van der Waals surface area contributed by atoms with Crippen LogP contribution in [0.15, 0.2) is 60.8 Å². The number of rotatable bonds is 10. The van der Waals surface area contributed by atoms with Crippen molar-refractivity contribution in [1.82, 2.24) is 9.78 Å². The van der Waals surface area contributed by atoms with Crippen molar-refractivity contribution in [2.75, 3.05) is 18.5 Å². The Bertz CT molecular complexity index is 1150. The molecule has 0 saturated heterocycles. The zero-order valence-electron chi connectivity index (χ0n) is 18.8. The van der Waals surface area contributed by atoms with Crippen molar-refractivity contribution in [2.45, 2.75) is 20.0 Å². The van der Waals surface area contributed by atoms with Gasteiger partial charge in [0.25, 0.3) is 0 Å². The van der Waals surface area contributed by atoms with Crippen molar-refractivity contribution in [3.8, 4) is 11.3 Å². The number of anilines is 1. The van der Waals surface area contributed by atoms with Gasteiger partial charge in [-0.05, 0) is 61.9 Å². The van der Waals surface area contributed by atoms with Crippen LogP contribution in [0, 0.1) is 5.82 Å². The Balaban J connectivity index is 1.66. The van der Waals surface area contributed by atoms with Gasteiger partial charge in [-0.15, -0.1) is 0 Å². The Morgan fingerprint density at radius 3 is 2.33 bits per heavy atom. The molecule has 0 saturated carbocycles. The summed E-state index contributed by atoms with van der Waals surface area (Å²) in [5.41, 5.74) is 3.52. The molecule has 7 nitrogen and oxygen atoms in total. The van der Waals surface area contributed by atoms with Gasteiger partial charge < -0.3 is 14.4 Å². The molecule has 0 fully saturated rings. The van der Waals surface area contributed by atoms with Crippen molar-refractivity contribution < 1.29 is 22.8 Å². The molecule has 0 aliphatic heterocycles. The van der Waals surface area contributed by atoms with Crippen LogP contribution in [-0.4, -0.2) is 28.9 Å². The van der Waals surface area contributed by atoms with Gasteiger partial charge in [0, 0.05) is 36.1 Å². The van der Waals surface area contributed by atoms with Crippen LogP contribution < -0.4 is 5.32 Å². The lowest BCUT2D eigenvalue weighted by atomic mass is 10.1. The summed E-state index contributed by atoms with van der Waals surface area (Å²) in [5.74, 6) is -0.637. The quantitative estimate of drug-likeness (QED) is 0.306. The predicted molar refractivity (Wildman–Crippen MR) is 127 cm³/mol. The summed E-state index contributed by atoms with van der Waals surface area (Å²) >= 11 is 0. The molecule has 0 unspecified atom stereocenters. The van der Waals surface area contributed by atoms with Crippen molar-refractivity contribution in [3.05, 3.63) is 77.7 Å². The molecule has 33 heavy (non-hydrogen) atoms. The maximum Gasteiger partial charge on any atom is 0.335 e. The Morgan fingerprint density at radius 2 is 1.73 bits per heavy atom. The number of aromatic nitrogens is 2. The van der Waals surface area contributed by atoms with Gasteiger partial charge in [0.1, 0.15) is 5.82 Å². The Hall–Kier alpha value is -3.06. The average Bonchev–Trinajstić information content (AvgIpc) is 3.15. The molecule has 2 aromatic carbocycles. The Labute approximate surface area is 192 Å². The van der Waals surface area contributed by atoms with E-state index < -0.39 is 7.60 Å². The molecule has 9 heteroatoms. The maximum atomic E-state index is 13.2. The van der Waals surface area contributed by atoms with Crippen LogP contribution in [0.4, 0.5) is 10.1 Å². The number of nitrogens with one attached hydrogen (secondary N) is 1. The van der Waals surface area contributed by atoms with Gasteiger partial charge in [0.15, 0.2) is 0 Å². The standard InChI is InChI=1S/C24H27FN3O4P/c1-4-31-33(30,32-5-2)17-18-6-13-22(14-7-18)26-23(29)15-10-20-16-28(3)27-24(20)19-8-11-21(25)12-9-19/h6-16H,4-5,17H2,1-3H3,(H,26,29). The van der Waals surface area contributed by atoms with Crippen molar-refractivity contribution in [1.29, 1.82) is 0 Å².